The van der Waals surface area contributed by atoms with Crippen LogP contribution < -0.4 is 11.5 Å². The Labute approximate surface area is 115 Å². The molecule has 0 aliphatic heterocycles. The number of rotatable bonds is 2. The molecule has 100 valence electrons. The van der Waals surface area contributed by atoms with Crippen LogP contribution in [0.1, 0.15) is 36.1 Å². The van der Waals surface area contributed by atoms with Gasteiger partial charge in [0.15, 0.2) is 0 Å². The summed E-state index contributed by atoms with van der Waals surface area (Å²) in [7, 11) is 0. The first-order chi connectivity index (χ1) is 8.82. The van der Waals surface area contributed by atoms with Crippen LogP contribution in [0.5, 0.6) is 0 Å². The van der Waals surface area contributed by atoms with Crippen molar-refractivity contribution in [1.82, 2.24) is 0 Å². The van der Waals surface area contributed by atoms with Gasteiger partial charge >= 0.3 is 0 Å². The quantitative estimate of drug-likeness (QED) is 0.801. The van der Waals surface area contributed by atoms with Crippen LogP contribution in [0.25, 0.3) is 0 Å². The van der Waals surface area contributed by atoms with Gasteiger partial charge in [-0.25, -0.2) is 0 Å². The Bertz CT molecular complexity index is 559. The van der Waals surface area contributed by atoms with E-state index in [4.69, 9.17) is 11.5 Å². The van der Waals surface area contributed by atoms with Crippen LogP contribution in [0.2, 0.25) is 0 Å². The normalized spacial score (nSPS) is 11.6. The predicted octanol–water partition coefficient (Wildman–Crippen LogP) is 3.79. The summed E-state index contributed by atoms with van der Waals surface area (Å²) in [5.41, 5.74) is 18.3. The standard InChI is InChI=1S/C17H22N2/c1-11-5-7-13(9-15(11)18)17(3,4)14-8-6-12(2)16(19)10-14/h5-10H,18-19H2,1-4H3. The van der Waals surface area contributed by atoms with E-state index in [2.05, 4.69) is 50.2 Å². The average Bonchev–Trinajstić information content (AvgIpc) is 2.35. The Balaban J connectivity index is 2.51. The topological polar surface area (TPSA) is 52.0 Å². The second-order valence-electron chi connectivity index (χ2n) is 5.77. The van der Waals surface area contributed by atoms with E-state index < -0.39 is 0 Å². The van der Waals surface area contributed by atoms with E-state index in [1.54, 1.807) is 0 Å². The third kappa shape index (κ3) is 2.43. The average molecular weight is 254 g/mol. The van der Waals surface area contributed by atoms with E-state index in [1.807, 2.05) is 13.8 Å². The molecule has 2 nitrogen and oxygen atoms in total. The summed E-state index contributed by atoms with van der Waals surface area (Å²) >= 11 is 0. The van der Waals surface area contributed by atoms with Crippen LogP contribution >= 0.6 is 0 Å². The fourth-order valence-electron chi connectivity index (χ4n) is 2.23. The molecule has 2 rings (SSSR count). The first-order valence-corrected chi connectivity index (χ1v) is 6.55. The predicted molar refractivity (Wildman–Crippen MR) is 83.3 cm³/mol. The molecular formula is C17H22N2. The second kappa shape index (κ2) is 4.61. The van der Waals surface area contributed by atoms with Gasteiger partial charge in [-0.2, -0.15) is 0 Å². The van der Waals surface area contributed by atoms with Crippen molar-refractivity contribution in [2.45, 2.75) is 33.1 Å². The highest BCUT2D eigenvalue weighted by atomic mass is 14.6. The van der Waals surface area contributed by atoms with Gasteiger partial charge in [-0.3, -0.25) is 0 Å². The van der Waals surface area contributed by atoms with Crippen molar-refractivity contribution in [1.29, 1.82) is 0 Å². The lowest BCUT2D eigenvalue weighted by molar-refractivity contribution is 0.641. The third-order valence-electron chi connectivity index (χ3n) is 4.00. The number of aryl methyl sites for hydroxylation is 2. The van der Waals surface area contributed by atoms with Gasteiger partial charge in [-0.1, -0.05) is 38.1 Å². The van der Waals surface area contributed by atoms with Crippen molar-refractivity contribution >= 4 is 11.4 Å². The summed E-state index contributed by atoms with van der Waals surface area (Å²) in [6.07, 6.45) is 0. The van der Waals surface area contributed by atoms with E-state index in [1.165, 1.54) is 11.1 Å². The van der Waals surface area contributed by atoms with Crippen LogP contribution in [-0.2, 0) is 5.41 Å². The molecule has 0 aliphatic carbocycles. The smallest absolute Gasteiger partial charge is 0.0346 e. The number of anilines is 2. The zero-order valence-electron chi connectivity index (χ0n) is 12.1. The second-order valence-corrected chi connectivity index (χ2v) is 5.77. The zero-order valence-corrected chi connectivity index (χ0v) is 12.1. The van der Waals surface area contributed by atoms with Gasteiger partial charge < -0.3 is 11.5 Å². The molecule has 0 aromatic heterocycles. The summed E-state index contributed by atoms with van der Waals surface area (Å²) in [4.78, 5) is 0. The van der Waals surface area contributed by atoms with E-state index in [-0.39, 0.29) is 5.41 Å². The summed E-state index contributed by atoms with van der Waals surface area (Å²) < 4.78 is 0. The highest BCUT2D eigenvalue weighted by molar-refractivity contribution is 5.55. The highest BCUT2D eigenvalue weighted by Crippen LogP contribution is 2.34. The minimum atomic E-state index is -0.108. The minimum absolute atomic E-state index is 0.108. The molecule has 0 bridgehead atoms. The third-order valence-corrected chi connectivity index (χ3v) is 4.00. The summed E-state index contributed by atoms with van der Waals surface area (Å²) in [5.74, 6) is 0. The lowest BCUT2D eigenvalue weighted by Crippen LogP contribution is -2.19. The van der Waals surface area contributed by atoms with Crippen molar-refractivity contribution in [3.05, 3.63) is 58.7 Å². The molecule has 2 aromatic carbocycles. The molecule has 0 radical (unpaired) electrons. The number of nitrogen functional groups attached to an aromatic ring is 2. The van der Waals surface area contributed by atoms with Gasteiger partial charge in [0.1, 0.15) is 0 Å². The number of hydrogen-bond acceptors (Lipinski definition) is 2. The van der Waals surface area contributed by atoms with Crippen molar-refractivity contribution in [3.63, 3.8) is 0 Å². The van der Waals surface area contributed by atoms with Crippen LogP contribution in [0.3, 0.4) is 0 Å². The number of hydrogen-bond donors (Lipinski definition) is 2. The lowest BCUT2D eigenvalue weighted by atomic mass is 9.77. The van der Waals surface area contributed by atoms with E-state index >= 15 is 0 Å². The molecule has 2 aromatic rings. The monoisotopic (exact) mass is 254 g/mol. The maximum Gasteiger partial charge on any atom is 0.0346 e. The molecule has 0 amide bonds. The van der Waals surface area contributed by atoms with Gasteiger partial charge in [0.05, 0.1) is 0 Å². The van der Waals surface area contributed by atoms with E-state index in [0.717, 1.165) is 22.5 Å². The SMILES string of the molecule is Cc1ccc(C(C)(C)c2ccc(C)c(N)c2)cc1N. The number of nitrogens with two attached hydrogens (primary N) is 2. The van der Waals surface area contributed by atoms with Crippen LogP contribution in [0, 0.1) is 13.8 Å². The molecule has 0 spiro atoms. The zero-order chi connectivity index (χ0) is 14.2. The molecule has 2 heteroatoms. The lowest BCUT2D eigenvalue weighted by Gasteiger charge is -2.27. The molecule has 0 fully saturated rings. The summed E-state index contributed by atoms with van der Waals surface area (Å²) in [6, 6.07) is 12.5. The summed E-state index contributed by atoms with van der Waals surface area (Å²) in [6.45, 7) is 8.44. The molecule has 0 heterocycles. The molecule has 0 unspecified atom stereocenters. The highest BCUT2D eigenvalue weighted by Gasteiger charge is 2.23. The first-order valence-electron chi connectivity index (χ1n) is 6.55. The van der Waals surface area contributed by atoms with Crippen molar-refractivity contribution in [2.24, 2.45) is 0 Å². The Kier molecular flexibility index (Phi) is 3.27. The summed E-state index contributed by atoms with van der Waals surface area (Å²) in [5, 5.41) is 0. The van der Waals surface area contributed by atoms with Crippen LogP contribution in [0.4, 0.5) is 11.4 Å². The van der Waals surface area contributed by atoms with E-state index in [9.17, 15) is 0 Å². The molecule has 4 N–H and O–H groups in total. The van der Waals surface area contributed by atoms with Gasteiger partial charge in [0.25, 0.3) is 0 Å². The largest absolute Gasteiger partial charge is 0.399 e. The van der Waals surface area contributed by atoms with Crippen molar-refractivity contribution in [3.8, 4) is 0 Å². The Morgan fingerprint density at radius 1 is 0.737 bits per heavy atom. The molecule has 19 heavy (non-hydrogen) atoms. The maximum atomic E-state index is 6.02. The Morgan fingerprint density at radius 3 is 1.42 bits per heavy atom. The molecule has 0 saturated carbocycles. The van der Waals surface area contributed by atoms with Gasteiger partial charge in [0, 0.05) is 16.8 Å². The number of benzene rings is 2. The van der Waals surface area contributed by atoms with E-state index in [0.29, 0.717) is 0 Å². The minimum Gasteiger partial charge on any atom is -0.399 e. The molecule has 0 saturated heterocycles. The Hall–Kier alpha value is -1.96. The molecule has 0 aliphatic rings. The van der Waals surface area contributed by atoms with Gasteiger partial charge in [0.2, 0.25) is 0 Å². The van der Waals surface area contributed by atoms with Crippen LogP contribution in [-0.4, -0.2) is 0 Å². The molecular weight excluding hydrogens is 232 g/mol. The van der Waals surface area contributed by atoms with Crippen molar-refractivity contribution in [2.75, 3.05) is 11.5 Å². The fourth-order valence-corrected chi connectivity index (χ4v) is 2.23. The van der Waals surface area contributed by atoms with Gasteiger partial charge in [-0.15, -0.1) is 0 Å². The molecule has 0 atom stereocenters. The first kappa shape index (κ1) is 13.5. The van der Waals surface area contributed by atoms with Crippen LogP contribution in [0.15, 0.2) is 36.4 Å². The maximum absolute atomic E-state index is 6.02. The fraction of sp³-hybridized carbons (Fsp3) is 0.294. The Morgan fingerprint density at radius 2 is 1.11 bits per heavy atom. The van der Waals surface area contributed by atoms with Gasteiger partial charge in [-0.05, 0) is 48.2 Å². The van der Waals surface area contributed by atoms with Crippen molar-refractivity contribution < 1.29 is 0 Å².